The van der Waals surface area contributed by atoms with Crippen LogP contribution in [0.25, 0.3) is 0 Å². The third-order valence-corrected chi connectivity index (χ3v) is 2.32. The molecule has 1 aliphatic carbocycles. The van der Waals surface area contributed by atoms with Crippen LogP contribution in [0.5, 0.6) is 0 Å². The molecule has 0 aromatic rings. The Balaban J connectivity index is 0.000000500. The van der Waals surface area contributed by atoms with Crippen molar-refractivity contribution in [1.29, 1.82) is 0 Å². The predicted molar refractivity (Wildman–Crippen MR) is 51.9 cm³/mol. The van der Waals surface area contributed by atoms with E-state index in [1.807, 2.05) is 0 Å². The largest absolute Gasteiger partial charge is 0.313 e. The van der Waals surface area contributed by atoms with E-state index in [2.05, 4.69) is 17.6 Å². The van der Waals surface area contributed by atoms with Crippen LogP contribution in [0.1, 0.15) is 19.8 Å². The van der Waals surface area contributed by atoms with E-state index in [4.69, 9.17) is 0 Å². The lowest BCUT2D eigenvalue weighted by atomic mass is 10.1. The lowest BCUT2D eigenvalue weighted by molar-refractivity contribution is 0.338. The van der Waals surface area contributed by atoms with Gasteiger partial charge in [0.05, 0.1) is 0 Å². The summed E-state index contributed by atoms with van der Waals surface area (Å²) in [4.78, 5) is 0. The van der Waals surface area contributed by atoms with E-state index in [0.717, 1.165) is 6.54 Å². The molecule has 0 amide bonds. The van der Waals surface area contributed by atoms with Gasteiger partial charge in [-0.3, -0.25) is 0 Å². The van der Waals surface area contributed by atoms with Gasteiger partial charge in [0, 0.05) is 24.7 Å². The second-order valence-corrected chi connectivity index (χ2v) is 3.46. The van der Waals surface area contributed by atoms with E-state index in [9.17, 15) is 0 Å². The summed E-state index contributed by atoms with van der Waals surface area (Å²) in [5.74, 6) is 0. The van der Waals surface area contributed by atoms with E-state index in [1.165, 1.54) is 19.4 Å². The molecule has 1 aliphatic heterocycles. The second kappa shape index (κ2) is 3.94. The summed E-state index contributed by atoms with van der Waals surface area (Å²) in [5.41, 5.74) is 0.539. The van der Waals surface area contributed by atoms with Crippen molar-refractivity contribution in [2.45, 2.75) is 31.3 Å². The van der Waals surface area contributed by atoms with Crippen LogP contribution in [0.2, 0.25) is 0 Å². The number of hydrogen-bond donors (Lipinski definition) is 2. The van der Waals surface area contributed by atoms with E-state index < -0.39 is 0 Å². The molecule has 1 spiro atoms. The zero-order chi connectivity index (χ0) is 6.32. The van der Waals surface area contributed by atoms with E-state index >= 15 is 0 Å². The van der Waals surface area contributed by atoms with Crippen LogP contribution in [0.3, 0.4) is 0 Å². The molecule has 0 unspecified atom stereocenters. The first-order chi connectivity index (χ1) is 4.31. The van der Waals surface area contributed by atoms with Crippen LogP contribution in [0.15, 0.2) is 0 Å². The molecule has 1 atom stereocenters. The van der Waals surface area contributed by atoms with Gasteiger partial charge in [-0.1, -0.05) is 0 Å². The van der Waals surface area contributed by atoms with Gasteiger partial charge in [-0.15, -0.1) is 24.8 Å². The summed E-state index contributed by atoms with van der Waals surface area (Å²) in [7, 11) is 0. The SMILES string of the molecule is C[C@@H]1CNCC2(CC2)N1.Cl.Cl. The molecule has 1 saturated heterocycles. The van der Waals surface area contributed by atoms with E-state index in [-0.39, 0.29) is 24.8 Å². The molecular formula is C7H16Cl2N2. The summed E-state index contributed by atoms with van der Waals surface area (Å²) >= 11 is 0. The molecule has 1 saturated carbocycles. The van der Waals surface area contributed by atoms with Gasteiger partial charge >= 0.3 is 0 Å². The number of rotatable bonds is 0. The minimum absolute atomic E-state index is 0. The van der Waals surface area contributed by atoms with E-state index in [0.29, 0.717) is 11.6 Å². The van der Waals surface area contributed by atoms with Gasteiger partial charge in [-0.25, -0.2) is 0 Å². The van der Waals surface area contributed by atoms with Gasteiger partial charge in [0.15, 0.2) is 0 Å². The number of piperazine rings is 1. The number of nitrogens with one attached hydrogen (secondary N) is 2. The normalized spacial score (nSPS) is 31.9. The zero-order valence-corrected chi connectivity index (χ0v) is 8.36. The predicted octanol–water partition coefficient (Wildman–Crippen LogP) is 0.944. The Kier molecular flexibility index (Phi) is 4.12. The number of hydrogen-bond acceptors (Lipinski definition) is 2. The molecule has 11 heavy (non-hydrogen) atoms. The molecule has 0 bridgehead atoms. The van der Waals surface area contributed by atoms with Gasteiger partial charge in [0.2, 0.25) is 0 Å². The maximum absolute atomic E-state index is 3.60. The highest BCUT2D eigenvalue weighted by atomic mass is 35.5. The molecule has 4 heteroatoms. The highest BCUT2D eigenvalue weighted by molar-refractivity contribution is 5.85. The van der Waals surface area contributed by atoms with Crippen molar-refractivity contribution in [3.8, 4) is 0 Å². The Hall–Kier alpha value is 0.500. The molecule has 1 heterocycles. The fraction of sp³-hybridized carbons (Fsp3) is 1.00. The van der Waals surface area contributed by atoms with Crippen molar-refractivity contribution in [2.24, 2.45) is 0 Å². The first-order valence-corrected chi connectivity index (χ1v) is 3.79. The fourth-order valence-corrected chi connectivity index (χ4v) is 1.62. The first-order valence-electron chi connectivity index (χ1n) is 3.79. The molecule has 0 aromatic heterocycles. The zero-order valence-electron chi connectivity index (χ0n) is 6.72. The average molecular weight is 199 g/mol. The summed E-state index contributed by atoms with van der Waals surface area (Å²) in [6, 6.07) is 0.682. The number of halogens is 2. The van der Waals surface area contributed by atoms with Crippen LogP contribution in [0.4, 0.5) is 0 Å². The van der Waals surface area contributed by atoms with Crippen LogP contribution in [-0.2, 0) is 0 Å². The van der Waals surface area contributed by atoms with Crippen molar-refractivity contribution < 1.29 is 0 Å². The van der Waals surface area contributed by atoms with Crippen LogP contribution in [0, 0.1) is 0 Å². The van der Waals surface area contributed by atoms with Crippen molar-refractivity contribution in [2.75, 3.05) is 13.1 Å². The molecule has 0 aromatic carbocycles. The van der Waals surface area contributed by atoms with Crippen molar-refractivity contribution >= 4 is 24.8 Å². The van der Waals surface area contributed by atoms with Crippen LogP contribution >= 0.6 is 24.8 Å². The molecule has 68 valence electrons. The Bertz CT molecular complexity index is 126. The maximum Gasteiger partial charge on any atom is 0.0310 e. The molecule has 0 radical (unpaired) electrons. The molecule has 2 N–H and O–H groups in total. The minimum Gasteiger partial charge on any atom is -0.313 e. The lowest BCUT2D eigenvalue weighted by Crippen LogP contribution is -2.55. The summed E-state index contributed by atoms with van der Waals surface area (Å²) < 4.78 is 0. The topological polar surface area (TPSA) is 24.1 Å². The van der Waals surface area contributed by atoms with Gasteiger partial charge in [0.1, 0.15) is 0 Å². The minimum atomic E-state index is 0. The summed E-state index contributed by atoms with van der Waals surface area (Å²) in [6.07, 6.45) is 2.76. The fourth-order valence-electron chi connectivity index (χ4n) is 1.62. The quantitative estimate of drug-likeness (QED) is 0.606. The molecular weight excluding hydrogens is 183 g/mol. The van der Waals surface area contributed by atoms with Crippen molar-refractivity contribution in [3.05, 3.63) is 0 Å². The van der Waals surface area contributed by atoms with Gasteiger partial charge in [0.25, 0.3) is 0 Å². The highest BCUT2D eigenvalue weighted by Crippen LogP contribution is 2.36. The second-order valence-electron chi connectivity index (χ2n) is 3.46. The summed E-state index contributed by atoms with van der Waals surface area (Å²) in [5, 5.41) is 7.03. The monoisotopic (exact) mass is 198 g/mol. The Morgan fingerprint density at radius 2 is 1.91 bits per heavy atom. The summed E-state index contributed by atoms with van der Waals surface area (Å²) in [6.45, 7) is 4.57. The smallest absolute Gasteiger partial charge is 0.0310 e. The standard InChI is InChI=1S/C7H14N2.2ClH/c1-6-4-8-5-7(9-6)2-3-7;;/h6,8-9H,2-5H2,1H3;2*1H/t6-;;/m1../s1. The third kappa shape index (κ3) is 2.48. The first kappa shape index (κ1) is 11.5. The molecule has 2 rings (SSSR count). The highest BCUT2D eigenvalue weighted by Gasteiger charge is 2.44. The van der Waals surface area contributed by atoms with Crippen molar-refractivity contribution in [1.82, 2.24) is 10.6 Å². The molecule has 2 aliphatic rings. The Morgan fingerprint density at radius 1 is 1.27 bits per heavy atom. The van der Waals surface area contributed by atoms with E-state index in [1.54, 1.807) is 0 Å². The Labute approximate surface area is 80.3 Å². The third-order valence-electron chi connectivity index (χ3n) is 2.32. The Morgan fingerprint density at radius 3 is 2.27 bits per heavy atom. The maximum atomic E-state index is 3.60. The lowest BCUT2D eigenvalue weighted by Gasteiger charge is -2.29. The molecule has 2 fully saturated rings. The van der Waals surface area contributed by atoms with Gasteiger partial charge in [-0.2, -0.15) is 0 Å². The molecule has 2 nitrogen and oxygen atoms in total. The average Bonchev–Trinajstić information content (AvgIpc) is 2.49. The van der Waals surface area contributed by atoms with Crippen LogP contribution < -0.4 is 10.6 Å². The van der Waals surface area contributed by atoms with Gasteiger partial charge < -0.3 is 10.6 Å². The van der Waals surface area contributed by atoms with Gasteiger partial charge in [-0.05, 0) is 19.8 Å². The van der Waals surface area contributed by atoms with Crippen LogP contribution in [-0.4, -0.2) is 24.7 Å². The van der Waals surface area contributed by atoms with Crippen molar-refractivity contribution in [3.63, 3.8) is 0 Å².